The molecule has 7 heteroatoms. The summed E-state index contributed by atoms with van der Waals surface area (Å²) in [6.45, 7) is 0. The summed E-state index contributed by atoms with van der Waals surface area (Å²) in [5.41, 5.74) is 0.314. The molecule has 0 unspecified atom stereocenters. The second-order valence-corrected chi connectivity index (χ2v) is 3.72. The van der Waals surface area contributed by atoms with Gasteiger partial charge in [0.15, 0.2) is 11.2 Å². The van der Waals surface area contributed by atoms with E-state index in [9.17, 15) is 9.59 Å². The van der Waals surface area contributed by atoms with E-state index in [1.54, 1.807) is 18.7 Å². The number of aryl methyl sites for hydroxylation is 2. The van der Waals surface area contributed by atoms with Crippen molar-refractivity contribution in [3.8, 4) is 0 Å². The third-order valence-electron chi connectivity index (χ3n) is 2.32. The summed E-state index contributed by atoms with van der Waals surface area (Å²) in [7, 11) is 3.32. The normalized spacial score (nSPS) is 11.1. The summed E-state index contributed by atoms with van der Waals surface area (Å²) in [6.07, 6.45) is 1.52. The molecule has 0 radical (unpaired) electrons. The fourth-order valence-corrected chi connectivity index (χ4v) is 1.94. The van der Waals surface area contributed by atoms with Crippen molar-refractivity contribution in [2.45, 2.75) is 5.45 Å². The fourth-order valence-electron chi connectivity index (χ4n) is 1.50. The highest BCUT2D eigenvalue weighted by Crippen LogP contribution is 2.02. The van der Waals surface area contributed by atoms with Crippen molar-refractivity contribution in [1.29, 1.82) is 0 Å². The molecule has 0 N–H and O–H groups in total. The standard InChI is InChI=1S/C8H9BrN4O2/c1-11-4-10-6-5(11)7(14)13(3-9)8(15)12(6)2/h4H,3H2,1-2H3. The Bertz CT molecular complexity index is 636. The molecule has 15 heavy (non-hydrogen) atoms. The minimum atomic E-state index is -0.372. The predicted octanol–water partition coefficient (Wildman–Crippen LogP) is -0.214. The Morgan fingerprint density at radius 3 is 2.67 bits per heavy atom. The number of imidazole rings is 1. The van der Waals surface area contributed by atoms with Crippen LogP contribution in [0.2, 0.25) is 0 Å². The third kappa shape index (κ3) is 1.26. The van der Waals surface area contributed by atoms with Crippen molar-refractivity contribution >= 4 is 27.1 Å². The van der Waals surface area contributed by atoms with Gasteiger partial charge in [-0.25, -0.2) is 14.3 Å². The van der Waals surface area contributed by atoms with Gasteiger partial charge < -0.3 is 4.57 Å². The summed E-state index contributed by atoms with van der Waals surface area (Å²) in [5.74, 6) is 0. The molecule has 0 saturated heterocycles. The average Bonchev–Trinajstić information content (AvgIpc) is 2.58. The van der Waals surface area contributed by atoms with E-state index in [-0.39, 0.29) is 16.7 Å². The van der Waals surface area contributed by atoms with E-state index in [1.165, 1.54) is 10.9 Å². The monoisotopic (exact) mass is 272 g/mol. The Morgan fingerprint density at radius 1 is 1.40 bits per heavy atom. The van der Waals surface area contributed by atoms with E-state index in [0.717, 1.165) is 4.57 Å². The lowest BCUT2D eigenvalue weighted by Crippen LogP contribution is -2.38. The molecule has 2 rings (SSSR count). The second-order valence-electron chi connectivity index (χ2n) is 3.22. The van der Waals surface area contributed by atoms with E-state index in [1.807, 2.05) is 0 Å². The summed E-state index contributed by atoms with van der Waals surface area (Å²) in [5, 5.41) is 0. The molecular formula is C8H9BrN4O2. The molecule has 0 spiro atoms. The first kappa shape index (κ1) is 10.2. The molecule has 6 nitrogen and oxygen atoms in total. The van der Waals surface area contributed by atoms with Gasteiger partial charge in [0.1, 0.15) is 0 Å². The zero-order valence-corrected chi connectivity index (χ0v) is 9.85. The molecule has 0 aromatic carbocycles. The summed E-state index contributed by atoms with van der Waals surface area (Å²) >= 11 is 3.11. The van der Waals surface area contributed by atoms with Gasteiger partial charge in [0.2, 0.25) is 0 Å². The molecule has 0 atom stereocenters. The summed E-state index contributed by atoms with van der Waals surface area (Å²) < 4.78 is 4.08. The SMILES string of the molecule is Cn1cnc2c1c(=O)n(CBr)c(=O)n2C. The first-order valence-corrected chi connectivity index (χ1v) is 5.37. The minimum Gasteiger partial charge on any atom is -0.328 e. The van der Waals surface area contributed by atoms with Gasteiger partial charge in [-0.2, -0.15) is 0 Å². The van der Waals surface area contributed by atoms with Crippen molar-refractivity contribution in [2.75, 3.05) is 0 Å². The lowest BCUT2D eigenvalue weighted by Gasteiger charge is -2.04. The van der Waals surface area contributed by atoms with Crippen LogP contribution in [0, 0.1) is 0 Å². The van der Waals surface area contributed by atoms with Crippen molar-refractivity contribution in [3.05, 3.63) is 27.2 Å². The molecule has 0 amide bonds. The second kappa shape index (κ2) is 3.34. The molecule has 0 aliphatic heterocycles. The molecule has 2 aromatic heterocycles. The largest absolute Gasteiger partial charge is 0.333 e. The number of fused-ring (bicyclic) bond motifs is 1. The van der Waals surface area contributed by atoms with Gasteiger partial charge in [-0.1, -0.05) is 15.9 Å². The zero-order valence-electron chi connectivity index (χ0n) is 8.27. The third-order valence-corrected chi connectivity index (χ3v) is 2.82. The number of rotatable bonds is 1. The highest BCUT2D eigenvalue weighted by Gasteiger charge is 2.13. The van der Waals surface area contributed by atoms with E-state index >= 15 is 0 Å². The molecule has 2 heterocycles. The van der Waals surface area contributed by atoms with Crippen molar-refractivity contribution < 1.29 is 0 Å². The Hall–Kier alpha value is -1.37. The molecule has 0 fully saturated rings. The lowest BCUT2D eigenvalue weighted by molar-refractivity contribution is 0.700. The highest BCUT2D eigenvalue weighted by molar-refractivity contribution is 9.08. The van der Waals surface area contributed by atoms with Gasteiger partial charge >= 0.3 is 5.69 Å². The minimum absolute atomic E-state index is 0.180. The van der Waals surface area contributed by atoms with Gasteiger partial charge in [0.25, 0.3) is 5.56 Å². The molecule has 80 valence electrons. The average molecular weight is 273 g/mol. The Kier molecular flexibility index (Phi) is 2.26. The van der Waals surface area contributed by atoms with Crippen molar-refractivity contribution in [1.82, 2.24) is 18.7 Å². The van der Waals surface area contributed by atoms with E-state index in [0.29, 0.717) is 11.2 Å². The fraction of sp³-hybridized carbons (Fsp3) is 0.375. The van der Waals surface area contributed by atoms with Crippen LogP contribution in [0.25, 0.3) is 11.2 Å². The Balaban J connectivity index is 3.13. The van der Waals surface area contributed by atoms with Crippen LogP contribution in [0.4, 0.5) is 0 Å². The maximum Gasteiger partial charge on any atom is 0.333 e. The summed E-state index contributed by atoms with van der Waals surface area (Å²) in [4.78, 5) is 27.6. The quantitative estimate of drug-likeness (QED) is 0.675. The van der Waals surface area contributed by atoms with Crippen LogP contribution in [-0.2, 0) is 19.5 Å². The highest BCUT2D eigenvalue weighted by atomic mass is 79.9. The number of nitrogens with zero attached hydrogens (tertiary/aromatic N) is 4. The van der Waals surface area contributed by atoms with E-state index in [4.69, 9.17) is 0 Å². The van der Waals surface area contributed by atoms with Gasteiger partial charge in [-0.15, -0.1) is 0 Å². The van der Waals surface area contributed by atoms with Gasteiger partial charge in [0.05, 0.1) is 11.8 Å². The van der Waals surface area contributed by atoms with Crippen LogP contribution in [0.5, 0.6) is 0 Å². The molecular weight excluding hydrogens is 264 g/mol. The maximum atomic E-state index is 11.9. The number of alkyl halides is 1. The number of halogens is 1. The first-order chi connectivity index (χ1) is 7.07. The molecule has 2 aromatic rings. The molecule has 0 aliphatic carbocycles. The van der Waals surface area contributed by atoms with Crippen molar-refractivity contribution in [3.63, 3.8) is 0 Å². The van der Waals surface area contributed by atoms with Gasteiger partial charge in [0, 0.05) is 14.1 Å². The Labute approximate surface area is 92.9 Å². The first-order valence-electron chi connectivity index (χ1n) is 4.24. The number of hydrogen-bond donors (Lipinski definition) is 0. The smallest absolute Gasteiger partial charge is 0.328 e. The van der Waals surface area contributed by atoms with E-state index < -0.39 is 0 Å². The predicted molar refractivity (Wildman–Crippen MR) is 59.1 cm³/mol. The zero-order chi connectivity index (χ0) is 11.2. The Morgan fingerprint density at radius 2 is 2.07 bits per heavy atom. The van der Waals surface area contributed by atoms with Gasteiger partial charge in [-0.3, -0.25) is 9.36 Å². The van der Waals surface area contributed by atoms with Crippen LogP contribution in [-0.4, -0.2) is 18.7 Å². The topological polar surface area (TPSA) is 61.8 Å². The summed E-state index contributed by atoms with van der Waals surface area (Å²) in [6, 6.07) is 0. The lowest BCUT2D eigenvalue weighted by atomic mass is 10.5. The maximum absolute atomic E-state index is 11.9. The number of hydrogen-bond acceptors (Lipinski definition) is 3. The van der Waals surface area contributed by atoms with Gasteiger partial charge in [-0.05, 0) is 0 Å². The molecule has 0 saturated carbocycles. The van der Waals surface area contributed by atoms with Crippen LogP contribution in [0.3, 0.4) is 0 Å². The molecule has 0 aliphatic rings. The van der Waals surface area contributed by atoms with Crippen LogP contribution >= 0.6 is 15.9 Å². The number of aromatic nitrogens is 4. The molecule has 0 bridgehead atoms. The van der Waals surface area contributed by atoms with Crippen LogP contribution in [0.1, 0.15) is 0 Å². The van der Waals surface area contributed by atoms with E-state index in [2.05, 4.69) is 20.9 Å². The van der Waals surface area contributed by atoms with Crippen molar-refractivity contribution in [2.24, 2.45) is 14.1 Å². The van der Waals surface area contributed by atoms with Crippen LogP contribution in [0.15, 0.2) is 15.9 Å². The van der Waals surface area contributed by atoms with Crippen LogP contribution < -0.4 is 11.2 Å².